The Hall–Kier alpha value is -2.32. The lowest BCUT2D eigenvalue weighted by Gasteiger charge is -2.38. The molecule has 0 radical (unpaired) electrons. The third-order valence-electron chi connectivity index (χ3n) is 5.58. The van der Waals surface area contributed by atoms with E-state index in [2.05, 4.69) is 29.1 Å². The Labute approximate surface area is 164 Å². The van der Waals surface area contributed by atoms with Crippen LogP contribution in [0.3, 0.4) is 0 Å². The van der Waals surface area contributed by atoms with Crippen LogP contribution in [0, 0.1) is 0 Å². The summed E-state index contributed by atoms with van der Waals surface area (Å²) in [6, 6.07) is 7.24. The first-order chi connectivity index (χ1) is 13.5. The average molecular weight is 385 g/mol. The standard InChI is InChI=1S/C20H27N5O3/c1-14-10-23(11-15(2)28-14)12-16-6-5-9-24(16)19(26)13-25-20(27)17-7-3-4-8-18(17)21-22-25/h3-4,7-8,14-16H,5-6,9-13H2,1-2H3. The molecule has 0 N–H and O–H groups in total. The molecule has 3 atom stereocenters. The van der Waals surface area contributed by atoms with E-state index in [0.717, 1.165) is 39.0 Å². The fraction of sp³-hybridized carbons (Fsp3) is 0.600. The quantitative estimate of drug-likeness (QED) is 0.778. The van der Waals surface area contributed by atoms with Gasteiger partial charge in [-0.2, -0.15) is 0 Å². The minimum atomic E-state index is -0.273. The van der Waals surface area contributed by atoms with Crippen molar-refractivity contribution >= 4 is 16.8 Å². The molecule has 28 heavy (non-hydrogen) atoms. The molecule has 1 aromatic carbocycles. The van der Waals surface area contributed by atoms with Crippen LogP contribution in [0.15, 0.2) is 29.1 Å². The van der Waals surface area contributed by atoms with Gasteiger partial charge in [-0.25, -0.2) is 4.68 Å². The summed E-state index contributed by atoms with van der Waals surface area (Å²) in [4.78, 5) is 29.9. The van der Waals surface area contributed by atoms with Crippen molar-refractivity contribution in [2.45, 2.75) is 51.5 Å². The molecule has 0 spiro atoms. The molecule has 3 unspecified atom stereocenters. The van der Waals surface area contributed by atoms with Gasteiger partial charge in [0.2, 0.25) is 5.91 Å². The number of morpholine rings is 1. The molecule has 0 saturated carbocycles. The number of likely N-dealkylation sites (tertiary alicyclic amines) is 1. The van der Waals surface area contributed by atoms with E-state index >= 15 is 0 Å². The van der Waals surface area contributed by atoms with Gasteiger partial charge in [-0.05, 0) is 38.8 Å². The second kappa shape index (κ2) is 7.97. The topological polar surface area (TPSA) is 80.6 Å². The fourth-order valence-electron chi connectivity index (χ4n) is 4.43. The summed E-state index contributed by atoms with van der Waals surface area (Å²) < 4.78 is 6.99. The van der Waals surface area contributed by atoms with Crippen molar-refractivity contribution in [2.24, 2.45) is 0 Å². The van der Waals surface area contributed by atoms with Crippen LogP contribution < -0.4 is 5.56 Å². The molecule has 3 heterocycles. The minimum absolute atomic E-state index is 0.0662. The van der Waals surface area contributed by atoms with E-state index < -0.39 is 0 Å². The third-order valence-corrected chi connectivity index (χ3v) is 5.58. The summed E-state index contributed by atoms with van der Waals surface area (Å²) in [7, 11) is 0. The summed E-state index contributed by atoms with van der Waals surface area (Å²) in [6.45, 7) is 7.47. The average Bonchev–Trinajstić information content (AvgIpc) is 3.11. The molecule has 2 fully saturated rings. The largest absolute Gasteiger partial charge is 0.373 e. The van der Waals surface area contributed by atoms with Crippen molar-refractivity contribution < 1.29 is 9.53 Å². The summed E-state index contributed by atoms with van der Waals surface area (Å²) >= 11 is 0. The Morgan fingerprint density at radius 1 is 1.21 bits per heavy atom. The highest BCUT2D eigenvalue weighted by atomic mass is 16.5. The molecule has 0 aliphatic carbocycles. The first kappa shape index (κ1) is 19.0. The predicted octanol–water partition coefficient (Wildman–Crippen LogP) is 0.892. The Balaban J connectivity index is 1.45. The van der Waals surface area contributed by atoms with Crippen LogP contribution in [-0.4, -0.2) is 75.1 Å². The monoisotopic (exact) mass is 385 g/mol. The lowest BCUT2D eigenvalue weighted by atomic mass is 10.1. The number of ether oxygens (including phenoxy) is 1. The van der Waals surface area contributed by atoms with Crippen molar-refractivity contribution in [3.8, 4) is 0 Å². The van der Waals surface area contributed by atoms with Gasteiger partial charge < -0.3 is 9.64 Å². The molecule has 1 amide bonds. The van der Waals surface area contributed by atoms with Gasteiger partial charge in [0.1, 0.15) is 12.1 Å². The SMILES string of the molecule is CC1CN(CC2CCCN2C(=O)Cn2nnc3ccccc3c2=O)CC(C)O1. The van der Waals surface area contributed by atoms with E-state index in [-0.39, 0.29) is 36.3 Å². The van der Waals surface area contributed by atoms with Crippen LogP contribution in [-0.2, 0) is 16.1 Å². The highest BCUT2D eigenvalue weighted by Gasteiger charge is 2.32. The lowest BCUT2D eigenvalue weighted by molar-refractivity contribution is -0.134. The van der Waals surface area contributed by atoms with Gasteiger partial charge in [-0.15, -0.1) is 5.10 Å². The van der Waals surface area contributed by atoms with Crippen LogP contribution in [0.5, 0.6) is 0 Å². The smallest absolute Gasteiger partial charge is 0.278 e. The zero-order chi connectivity index (χ0) is 19.7. The molecule has 8 nitrogen and oxygen atoms in total. The van der Waals surface area contributed by atoms with Crippen LogP contribution in [0.4, 0.5) is 0 Å². The molecule has 150 valence electrons. The van der Waals surface area contributed by atoms with Crippen molar-refractivity contribution in [1.29, 1.82) is 0 Å². The van der Waals surface area contributed by atoms with E-state index in [1.54, 1.807) is 18.2 Å². The van der Waals surface area contributed by atoms with Gasteiger partial charge in [-0.3, -0.25) is 14.5 Å². The Bertz CT molecular complexity index is 904. The maximum Gasteiger partial charge on any atom is 0.278 e. The van der Waals surface area contributed by atoms with Crippen molar-refractivity contribution in [1.82, 2.24) is 24.8 Å². The van der Waals surface area contributed by atoms with Crippen LogP contribution >= 0.6 is 0 Å². The number of nitrogens with zero attached hydrogens (tertiary/aromatic N) is 5. The Kier molecular flexibility index (Phi) is 5.41. The van der Waals surface area contributed by atoms with E-state index in [9.17, 15) is 9.59 Å². The molecule has 2 aromatic rings. The highest BCUT2D eigenvalue weighted by Crippen LogP contribution is 2.21. The lowest BCUT2D eigenvalue weighted by Crippen LogP contribution is -2.51. The first-order valence-electron chi connectivity index (χ1n) is 10.0. The maximum absolute atomic E-state index is 12.9. The molecular formula is C20H27N5O3. The molecule has 4 rings (SSSR count). The zero-order valence-electron chi connectivity index (χ0n) is 16.5. The van der Waals surface area contributed by atoms with Crippen LogP contribution in [0.25, 0.3) is 10.9 Å². The number of rotatable bonds is 4. The number of carbonyl (C=O) groups is 1. The van der Waals surface area contributed by atoms with Crippen molar-refractivity contribution in [3.05, 3.63) is 34.6 Å². The number of hydrogen-bond donors (Lipinski definition) is 0. The molecule has 2 aliphatic rings. The summed E-state index contributed by atoms with van der Waals surface area (Å²) in [6.07, 6.45) is 2.40. The van der Waals surface area contributed by atoms with Crippen LogP contribution in [0.2, 0.25) is 0 Å². The van der Waals surface area contributed by atoms with E-state index in [4.69, 9.17) is 4.74 Å². The number of hydrogen-bond acceptors (Lipinski definition) is 6. The number of fused-ring (bicyclic) bond motifs is 1. The van der Waals surface area contributed by atoms with Crippen molar-refractivity contribution in [2.75, 3.05) is 26.2 Å². The third kappa shape index (κ3) is 3.93. The summed E-state index contributed by atoms with van der Waals surface area (Å²) in [5.41, 5.74) is 0.274. The van der Waals surface area contributed by atoms with Gasteiger partial charge in [0, 0.05) is 32.2 Å². The molecular weight excluding hydrogens is 358 g/mol. The Morgan fingerprint density at radius 3 is 2.75 bits per heavy atom. The van der Waals surface area contributed by atoms with Gasteiger partial charge >= 0.3 is 0 Å². The number of benzene rings is 1. The summed E-state index contributed by atoms with van der Waals surface area (Å²) in [5.74, 6) is -0.0662. The second-order valence-electron chi connectivity index (χ2n) is 7.93. The number of carbonyl (C=O) groups excluding carboxylic acids is 1. The molecule has 0 bridgehead atoms. The van der Waals surface area contributed by atoms with E-state index in [1.165, 1.54) is 4.68 Å². The molecule has 2 aliphatic heterocycles. The van der Waals surface area contributed by atoms with Gasteiger partial charge in [0.25, 0.3) is 5.56 Å². The van der Waals surface area contributed by atoms with Gasteiger partial charge in [0.15, 0.2) is 0 Å². The normalized spacial score (nSPS) is 26.1. The molecule has 1 aromatic heterocycles. The zero-order valence-corrected chi connectivity index (χ0v) is 16.5. The van der Waals surface area contributed by atoms with Gasteiger partial charge in [0.05, 0.1) is 17.6 Å². The molecule has 2 saturated heterocycles. The fourth-order valence-corrected chi connectivity index (χ4v) is 4.43. The highest BCUT2D eigenvalue weighted by molar-refractivity contribution is 5.78. The molecule has 8 heteroatoms. The predicted molar refractivity (Wildman–Crippen MR) is 105 cm³/mol. The summed E-state index contributed by atoms with van der Waals surface area (Å²) in [5, 5.41) is 8.51. The first-order valence-corrected chi connectivity index (χ1v) is 10.0. The minimum Gasteiger partial charge on any atom is -0.373 e. The van der Waals surface area contributed by atoms with E-state index in [0.29, 0.717) is 10.9 Å². The number of amides is 1. The van der Waals surface area contributed by atoms with Gasteiger partial charge in [-0.1, -0.05) is 17.3 Å². The second-order valence-corrected chi connectivity index (χ2v) is 7.93. The maximum atomic E-state index is 12.9. The number of aromatic nitrogens is 3. The Morgan fingerprint density at radius 2 is 1.96 bits per heavy atom. The van der Waals surface area contributed by atoms with Crippen molar-refractivity contribution in [3.63, 3.8) is 0 Å². The van der Waals surface area contributed by atoms with E-state index in [1.807, 2.05) is 11.0 Å². The van der Waals surface area contributed by atoms with Crippen LogP contribution in [0.1, 0.15) is 26.7 Å².